The number of rotatable bonds is 5. The number of aromatic amines is 1. The molecule has 0 atom stereocenters. The first-order valence-corrected chi connectivity index (χ1v) is 10.4. The first-order chi connectivity index (χ1) is 14.5. The number of aromatic nitrogens is 1. The smallest absolute Gasteiger partial charge is 0.271 e. The van der Waals surface area contributed by atoms with Gasteiger partial charge in [-0.1, -0.05) is 0 Å². The first kappa shape index (κ1) is 20.1. The van der Waals surface area contributed by atoms with E-state index in [9.17, 15) is 13.6 Å². The van der Waals surface area contributed by atoms with Gasteiger partial charge in [-0.3, -0.25) is 14.6 Å². The predicted octanol–water partition coefficient (Wildman–Crippen LogP) is 5.06. The molecule has 3 aromatic rings. The monoisotopic (exact) mass is 430 g/mol. The largest absolute Gasteiger partial charge is 0.457 e. The highest BCUT2D eigenvalue weighted by molar-refractivity contribution is 7.10. The topological polar surface area (TPSA) is 81.2 Å². The fraction of sp³-hybridized carbons (Fsp3) is 0.238. The SMILES string of the molecule is N=C(c1c(Nc2ccc(Oc3cc(F)cc(F)c3)cc2)s[nH]c1=O)N1CCCCC1. The number of hydrogen-bond donors (Lipinski definition) is 3. The van der Waals surface area contributed by atoms with Crippen molar-refractivity contribution in [1.82, 2.24) is 9.27 Å². The van der Waals surface area contributed by atoms with Crippen molar-refractivity contribution < 1.29 is 13.5 Å². The van der Waals surface area contributed by atoms with Crippen molar-refractivity contribution in [3.63, 3.8) is 0 Å². The number of nitrogens with zero attached hydrogens (tertiary/aromatic N) is 1. The van der Waals surface area contributed by atoms with E-state index in [4.69, 9.17) is 10.1 Å². The van der Waals surface area contributed by atoms with Gasteiger partial charge in [-0.05, 0) is 55.1 Å². The van der Waals surface area contributed by atoms with Crippen LogP contribution < -0.4 is 15.6 Å². The minimum atomic E-state index is -0.714. The molecule has 3 N–H and O–H groups in total. The molecule has 1 saturated heterocycles. The van der Waals surface area contributed by atoms with E-state index in [0.717, 1.165) is 62.1 Å². The Balaban J connectivity index is 1.48. The number of benzene rings is 2. The fourth-order valence-corrected chi connectivity index (χ4v) is 4.10. The molecule has 9 heteroatoms. The zero-order chi connectivity index (χ0) is 21.1. The average Bonchev–Trinajstić information content (AvgIpc) is 3.09. The van der Waals surface area contributed by atoms with E-state index in [1.54, 1.807) is 24.3 Å². The van der Waals surface area contributed by atoms with E-state index < -0.39 is 11.6 Å². The predicted molar refractivity (Wildman–Crippen MR) is 113 cm³/mol. The van der Waals surface area contributed by atoms with Crippen LogP contribution in [0.3, 0.4) is 0 Å². The van der Waals surface area contributed by atoms with Crippen molar-refractivity contribution in [2.75, 3.05) is 18.4 Å². The van der Waals surface area contributed by atoms with Gasteiger partial charge in [0.15, 0.2) is 0 Å². The molecule has 0 saturated carbocycles. The molecule has 1 aliphatic rings. The Morgan fingerprint density at radius 3 is 2.37 bits per heavy atom. The Bertz CT molecular complexity index is 1080. The third-order valence-corrected chi connectivity index (χ3v) is 5.59. The van der Waals surface area contributed by atoms with E-state index >= 15 is 0 Å². The van der Waals surface area contributed by atoms with Crippen LogP contribution in [0.1, 0.15) is 24.8 Å². The maximum atomic E-state index is 13.3. The minimum Gasteiger partial charge on any atom is -0.457 e. The van der Waals surface area contributed by atoms with Gasteiger partial charge in [0, 0.05) is 37.0 Å². The van der Waals surface area contributed by atoms with Crippen LogP contribution in [0.4, 0.5) is 19.5 Å². The molecule has 156 valence electrons. The molecule has 1 fully saturated rings. The highest BCUT2D eigenvalue weighted by Crippen LogP contribution is 2.28. The van der Waals surface area contributed by atoms with E-state index in [0.29, 0.717) is 22.0 Å². The van der Waals surface area contributed by atoms with Gasteiger partial charge in [-0.25, -0.2) is 8.78 Å². The molecule has 1 aliphatic heterocycles. The second kappa shape index (κ2) is 8.66. The lowest BCUT2D eigenvalue weighted by Gasteiger charge is -2.28. The maximum Gasteiger partial charge on any atom is 0.271 e. The molecule has 0 unspecified atom stereocenters. The Kier molecular flexibility index (Phi) is 5.80. The highest BCUT2D eigenvalue weighted by Gasteiger charge is 2.22. The lowest BCUT2D eigenvalue weighted by atomic mass is 10.1. The minimum absolute atomic E-state index is 0.0642. The van der Waals surface area contributed by atoms with Crippen molar-refractivity contribution in [3.05, 3.63) is 70.0 Å². The highest BCUT2D eigenvalue weighted by atomic mass is 32.1. The average molecular weight is 430 g/mol. The summed E-state index contributed by atoms with van der Waals surface area (Å²) in [6.45, 7) is 1.56. The summed E-state index contributed by atoms with van der Waals surface area (Å²) in [7, 11) is 0. The number of likely N-dealkylation sites (tertiary alicyclic amines) is 1. The molecule has 0 bridgehead atoms. The van der Waals surface area contributed by atoms with E-state index in [-0.39, 0.29) is 17.1 Å². The summed E-state index contributed by atoms with van der Waals surface area (Å²) in [5.74, 6) is -0.722. The maximum absolute atomic E-state index is 13.3. The molecule has 1 aromatic heterocycles. The van der Waals surface area contributed by atoms with Crippen molar-refractivity contribution in [3.8, 4) is 11.5 Å². The first-order valence-electron chi connectivity index (χ1n) is 9.56. The molecule has 0 spiro atoms. The number of hydrogen-bond acceptors (Lipinski definition) is 5. The van der Waals surface area contributed by atoms with Gasteiger partial charge in [-0.15, -0.1) is 0 Å². The zero-order valence-corrected chi connectivity index (χ0v) is 16.8. The van der Waals surface area contributed by atoms with Gasteiger partial charge in [-0.2, -0.15) is 0 Å². The van der Waals surface area contributed by atoms with Gasteiger partial charge in [0.2, 0.25) is 0 Å². The second-order valence-corrected chi connectivity index (χ2v) is 7.81. The summed E-state index contributed by atoms with van der Waals surface area (Å²) in [6, 6.07) is 9.73. The standard InChI is InChI=1S/C21H20F2N4O2S/c22-13-10-14(23)12-17(11-13)29-16-6-4-15(5-7-16)25-21-18(20(28)26-30-21)19(24)27-8-2-1-3-9-27/h4-7,10-12,24-25H,1-3,8-9H2,(H,26,28). The normalized spacial score (nSPS) is 13.9. The number of amidine groups is 1. The van der Waals surface area contributed by atoms with E-state index in [1.165, 1.54) is 0 Å². The van der Waals surface area contributed by atoms with Crippen LogP contribution in [-0.4, -0.2) is 28.2 Å². The van der Waals surface area contributed by atoms with Crippen molar-refractivity contribution in [2.24, 2.45) is 0 Å². The van der Waals surface area contributed by atoms with Gasteiger partial charge >= 0.3 is 0 Å². The molecule has 0 amide bonds. The second-order valence-electron chi connectivity index (χ2n) is 6.99. The van der Waals surface area contributed by atoms with Crippen LogP contribution in [0.25, 0.3) is 0 Å². The molecule has 0 radical (unpaired) electrons. The number of ether oxygens (including phenoxy) is 1. The van der Waals surface area contributed by atoms with Gasteiger partial charge in [0.25, 0.3) is 5.56 Å². The lowest BCUT2D eigenvalue weighted by molar-refractivity contribution is 0.341. The van der Waals surface area contributed by atoms with E-state index in [1.807, 2.05) is 4.90 Å². The molecule has 4 rings (SSSR count). The quantitative estimate of drug-likeness (QED) is 0.390. The third kappa shape index (κ3) is 4.51. The van der Waals surface area contributed by atoms with E-state index in [2.05, 4.69) is 9.69 Å². The number of nitrogens with one attached hydrogen (secondary N) is 3. The third-order valence-electron chi connectivity index (χ3n) is 4.79. The molecular weight excluding hydrogens is 410 g/mol. The van der Waals surface area contributed by atoms with Crippen LogP contribution in [0.15, 0.2) is 47.3 Å². The summed E-state index contributed by atoms with van der Waals surface area (Å²) in [5, 5.41) is 12.2. The molecular formula is C21H20F2N4O2S. The van der Waals surface area contributed by atoms with Crippen LogP contribution in [0.2, 0.25) is 0 Å². The van der Waals surface area contributed by atoms with Crippen molar-refractivity contribution in [2.45, 2.75) is 19.3 Å². The summed E-state index contributed by atoms with van der Waals surface area (Å²) in [4.78, 5) is 14.2. The van der Waals surface area contributed by atoms with Gasteiger partial charge in [0.05, 0.1) is 0 Å². The Morgan fingerprint density at radius 2 is 1.70 bits per heavy atom. The number of piperidine rings is 1. The van der Waals surface area contributed by atoms with Crippen molar-refractivity contribution in [1.29, 1.82) is 5.41 Å². The summed E-state index contributed by atoms with van der Waals surface area (Å²) in [6.07, 6.45) is 3.18. The summed E-state index contributed by atoms with van der Waals surface area (Å²) >= 11 is 1.14. The molecule has 2 aromatic carbocycles. The Hall–Kier alpha value is -3.20. The zero-order valence-electron chi connectivity index (χ0n) is 16.0. The van der Waals surface area contributed by atoms with Gasteiger partial charge in [0.1, 0.15) is 39.5 Å². The van der Waals surface area contributed by atoms with Crippen LogP contribution in [0.5, 0.6) is 11.5 Å². The number of H-pyrrole nitrogens is 1. The van der Waals surface area contributed by atoms with Crippen LogP contribution in [0, 0.1) is 17.0 Å². The fourth-order valence-electron chi connectivity index (χ4n) is 3.34. The molecule has 30 heavy (non-hydrogen) atoms. The number of halogens is 2. The molecule has 0 aliphatic carbocycles. The van der Waals surface area contributed by atoms with Crippen LogP contribution in [-0.2, 0) is 0 Å². The summed E-state index contributed by atoms with van der Waals surface area (Å²) in [5.41, 5.74) is 0.735. The van der Waals surface area contributed by atoms with Gasteiger partial charge < -0.3 is 15.0 Å². The molecule has 6 nitrogen and oxygen atoms in total. The summed E-state index contributed by atoms with van der Waals surface area (Å²) < 4.78 is 34.8. The number of anilines is 2. The lowest BCUT2D eigenvalue weighted by Crippen LogP contribution is -2.37. The Labute approximate surface area is 175 Å². The Morgan fingerprint density at radius 1 is 1.03 bits per heavy atom. The van der Waals surface area contributed by atoms with Crippen molar-refractivity contribution >= 4 is 28.1 Å². The van der Waals surface area contributed by atoms with Crippen LogP contribution >= 0.6 is 11.5 Å². The molecule has 2 heterocycles.